The summed E-state index contributed by atoms with van der Waals surface area (Å²) in [4.78, 5) is 18.8. The van der Waals surface area contributed by atoms with Crippen LogP contribution in [0.15, 0.2) is 18.6 Å². The number of ether oxygens (including phenoxy) is 1. The molecule has 2 aromatic heterocycles. The quantitative estimate of drug-likeness (QED) is 0.669. The van der Waals surface area contributed by atoms with E-state index in [1.807, 2.05) is 6.92 Å². The molecule has 1 fully saturated rings. The highest BCUT2D eigenvalue weighted by Gasteiger charge is 2.34. The number of pyridine rings is 1. The number of aromatic nitrogens is 3. The predicted octanol–water partition coefficient (Wildman–Crippen LogP) is 1.26. The first-order valence-corrected chi connectivity index (χ1v) is 6.34. The number of imidazole rings is 1. The minimum atomic E-state index is -0.475. The van der Waals surface area contributed by atoms with Crippen molar-refractivity contribution in [3.8, 4) is 0 Å². The third-order valence-electron chi connectivity index (χ3n) is 3.57. The maximum absolute atomic E-state index is 11.0. The maximum atomic E-state index is 11.0. The molecule has 0 radical (unpaired) electrons. The van der Waals surface area contributed by atoms with E-state index in [-0.39, 0.29) is 36.1 Å². The summed E-state index contributed by atoms with van der Waals surface area (Å²) >= 11 is 0. The summed E-state index contributed by atoms with van der Waals surface area (Å²) in [6.45, 7) is 1.96. The van der Waals surface area contributed by atoms with E-state index in [9.17, 15) is 15.2 Å². The molecule has 1 saturated heterocycles. The molecule has 1 aliphatic heterocycles. The van der Waals surface area contributed by atoms with Gasteiger partial charge in [-0.25, -0.2) is 9.97 Å². The molecule has 0 aromatic carbocycles. The van der Waals surface area contributed by atoms with E-state index in [0.717, 1.165) is 6.42 Å². The smallest absolute Gasteiger partial charge is 0.300 e. The van der Waals surface area contributed by atoms with Crippen molar-refractivity contribution in [3.63, 3.8) is 0 Å². The first-order chi connectivity index (χ1) is 9.61. The average molecular weight is 278 g/mol. The molecule has 3 atom stereocenters. The Morgan fingerprint density at radius 3 is 3.05 bits per heavy atom. The number of aliphatic hydroxyl groups is 1. The van der Waals surface area contributed by atoms with Gasteiger partial charge in [0.25, 0.3) is 5.69 Å². The van der Waals surface area contributed by atoms with Crippen LogP contribution in [0.4, 0.5) is 5.69 Å². The van der Waals surface area contributed by atoms with Crippen LogP contribution < -0.4 is 0 Å². The molecular formula is C12H14N4O4. The van der Waals surface area contributed by atoms with Crippen molar-refractivity contribution in [1.82, 2.24) is 14.5 Å². The van der Waals surface area contributed by atoms with Gasteiger partial charge in [0.05, 0.1) is 24.0 Å². The minimum Gasteiger partial charge on any atom is -0.394 e. The van der Waals surface area contributed by atoms with E-state index in [1.54, 1.807) is 4.57 Å². The summed E-state index contributed by atoms with van der Waals surface area (Å²) in [5, 5.41) is 20.1. The lowest BCUT2D eigenvalue weighted by atomic mass is 10.1. The van der Waals surface area contributed by atoms with Crippen LogP contribution in [0.3, 0.4) is 0 Å². The third kappa shape index (κ3) is 1.93. The van der Waals surface area contributed by atoms with Crippen molar-refractivity contribution in [3.05, 3.63) is 28.7 Å². The Morgan fingerprint density at radius 2 is 2.40 bits per heavy atom. The molecular weight excluding hydrogens is 264 g/mol. The zero-order valence-electron chi connectivity index (χ0n) is 10.8. The van der Waals surface area contributed by atoms with E-state index in [1.165, 1.54) is 18.6 Å². The molecule has 0 spiro atoms. The molecule has 3 heterocycles. The van der Waals surface area contributed by atoms with Gasteiger partial charge in [-0.05, 0) is 6.42 Å². The first-order valence-electron chi connectivity index (χ1n) is 6.34. The van der Waals surface area contributed by atoms with Crippen molar-refractivity contribution in [2.45, 2.75) is 25.7 Å². The Balaban J connectivity index is 2.05. The SMILES string of the molecule is CC1CC(CO)OC1n1cnc2c([N+](=O)[O-])ccnc21. The second kappa shape index (κ2) is 4.80. The van der Waals surface area contributed by atoms with Crippen LogP contribution in [0.25, 0.3) is 11.2 Å². The van der Waals surface area contributed by atoms with Crippen molar-refractivity contribution in [2.24, 2.45) is 5.92 Å². The molecule has 3 rings (SSSR count). The van der Waals surface area contributed by atoms with E-state index < -0.39 is 4.92 Å². The van der Waals surface area contributed by atoms with E-state index >= 15 is 0 Å². The van der Waals surface area contributed by atoms with Gasteiger partial charge in [-0.2, -0.15) is 0 Å². The molecule has 106 valence electrons. The molecule has 0 aliphatic carbocycles. The van der Waals surface area contributed by atoms with Crippen molar-refractivity contribution >= 4 is 16.9 Å². The summed E-state index contributed by atoms with van der Waals surface area (Å²) < 4.78 is 7.44. The Hall–Kier alpha value is -2.06. The Morgan fingerprint density at radius 1 is 1.60 bits per heavy atom. The average Bonchev–Trinajstić information content (AvgIpc) is 3.01. The first kappa shape index (κ1) is 12.9. The summed E-state index contributed by atoms with van der Waals surface area (Å²) in [5.41, 5.74) is 0.605. The number of aliphatic hydroxyl groups excluding tert-OH is 1. The summed E-state index contributed by atoms with van der Waals surface area (Å²) in [6, 6.07) is 1.33. The van der Waals surface area contributed by atoms with Crippen LogP contribution in [0.1, 0.15) is 19.6 Å². The molecule has 1 aliphatic rings. The van der Waals surface area contributed by atoms with Gasteiger partial charge in [0.2, 0.25) is 0 Å². The van der Waals surface area contributed by atoms with Gasteiger partial charge in [-0.15, -0.1) is 0 Å². The molecule has 8 heteroatoms. The fraction of sp³-hybridized carbons (Fsp3) is 0.500. The van der Waals surface area contributed by atoms with Crippen molar-refractivity contribution < 1.29 is 14.8 Å². The fourth-order valence-corrected chi connectivity index (χ4v) is 2.63. The summed E-state index contributed by atoms with van der Waals surface area (Å²) in [6.07, 6.45) is 3.10. The van der Waals surface area contributed by atoms with Gasteiger partial charge >= 0.3 is 0 Å². The van der Waals surface area contributed by atoms with Crippen LogP contribution >= 0.6 is 0 Å². The van der Waals surface area contributed by atoms with E-state index in [0.29, 0.717) is 5.65 Å². The molecule has 0 amide bonds. The largest absolute Gasteiger partial charge is 0.394 e. The van der Waals surface area contributed by atoms with Gasteiger partial charge in [0.1, 0.15) is 6.23 Å². The number of hydrogen-bond acceptors (Lipinski definition) is 6. The second-order valence-electron chi connectivity index (χ2n) is 4.96. The topological polar surface area (TPSA) is 103 Å². The van der Waals surface area contributed by atoms with Gasteiger partial charge in [-0.1, -0.05) is 6.92 Å². The molecule has 1 N–H and O–H groups in total. The van der Waals surface area contributed by atoms with Crippen LogP contribution in [-0.4, -0.2) is 37.3 Å². The van der Waals surface area contributed by atoms with Gasteiger partial charge in [-0.3, -0.25) is 14.7 Å². The molecule has 0 saturated carbocycles. The number of nitrogens with zero attached hydrogens (tertiary/aromatic N) is 4. The van der Waals surface area contributed by atoms with Crippen LogP contribution in [0, 0.1) is 16.0 Å². The molecule has 20 heavy (non-hydrogen) atoms. The lowest BCUT2D eigenvalue weighted by molar-refractivity contribution is -0.383. The molecule has 3 unspecified atom stereocenters. The minimum absolute atomic E-state index is 0.0406. The van der Waals surface area contributed by atoms with Crippen LogP contribution in [-0.2, 0) is 4.74 Å². The Labute approximate surface area is 114 Å². The Bertz CT molecular complexity index is 656. The zero-order valence-corrected chi connectivity index (χ0v) is 10.8. The summed E-state index contributed by atoms with van der Waals surface area (Å²) in [7, 11) is 0. The third-order valence-corrected chi connectivity index (χ3v) is 3.57. The molecule has 8 nitrogen and oxygen atoms in total. The lowest BCUT2D eigenvalue weighted by Crippen LogP contribution is -2.15. The lowest BCUT2D eigenvalue weighted by Gasteiger charge is -2.17. The monoisotopic (exact) mass is 278 g/mol. The molecule has 0 bridgehead atoms. The van der Waals surface area contributed by atoms with Crippen LogP contribution in [0.2, 0.25) is 0 Å². The number of fused-ring (bicyclic) bond motifs is 1. The summed E-state index contributed by atoms with van der Waals surface area (Å²) in [5.74, 6) is 0.172. The highest BCUT2D eigenvalue weighted by molar-refractivity contribution is 5.81. The predicted molar refractivity (Wildman–Crippen MR) is 69.0 cm³/mol. The second-order valence-corrected chi connectivity index (χ2v) is 4.96. The number of nitro groups is 1. The van der Waals surface area contributed by atoms with E-state index in [2.05, 4.69) is 9.97 Å². The van der Waals surface area contributed by atoms with E-state index in [4.69, 9.17) is 4.74 Å². The Kier molecular flexibility index (Phi) is 3.11. The molecule has 2 aromatic rings. The number of hydrogen-bond donors (Lipinski definition) is 1. The normalized spacial score (nSPS) is 26.2. The zero-order chi connectivity index (χ0) is 14.3. The van der Waals surface area contributed by atoms with Crippen LogP contribution in [0.5, 0.6) is 0 Å². The fourth-order valence-electron chi connectivity index (χ4n) is 2.63. The maximum Gasteiger partial charge on any atom is 0.300 e. The van der Waals surface area contributed by atoms with Gasteiger partial charge < -0.3 is 9.84 Å². The highest BCUT2D eigenvalue weighted by Crippen LogP contribution is 2.36. The van der Waals surface area contributed by atoms with Gasteiger partial charge in [0.15, 0.2) is 11.2 Å². The highest BCUT2D eigenvalue weighted by atomic mass is 16.6. The standard InChI is InChI=1S/C12H14N4O4/c1-7-4-8(5-17)20-12(7)15-6-14-10-9(16(18)19)2-3-13-11(10)15/h2-3,6-8,12,17H,4-5H2,1H3. The van der Waals surface area contributed by atoms with Gasteiger partial charge in [0, 0.05) is 18.2 Å². The number of rotatable bonds is 3. The van der Waals surface area contributed by atoms with Crippen molar-refractivity contribution in [1.29, 1.82) is 0 Å². The van der Waals surface area contributed by atoms with Crippen molar-refractivity contribution in [2.75, 3.05) is 6.61 Å².